The lowest BCUT2D eigenvalue weighted by Crippen LogP contribution is -2.43. The highest BCUT2D eigenvalue weighted by Gasteiger charge is 2.33. The molecule has 0 radical (unpaired) electrons. The molecule has 1 aromatic carbocycles. The minimum atomic E-state index is 0.512. The number of nitriles is 1. The van der Waals surface area contributed by atoms with Crippen LogP contribution in [0, 0.1) is 18.3 Å². The van der Waals surface area contributed by atoms with E-state index in [1.807, 2.05) is 12.1 Å². The van der Waals surface area contributed by atoms with E-state index >= 15 is 0 Å². The summed E-state index contributed by atoms with van der Waals surface area (Å²) in [6.07, 6.45) is 4.97. The molecule has 2 atom stereocenters. The molecule has 3 heteroatoms. The Balaban J connectivity index is 1.76. The molecule has 0 aromatic heterocycles. The van der Waals surface area contributed by atoms with Crippen molar-refractivity contribution >= 4 is 5.69 Å². The van der Waals surface area contributed by atoms with Crippen molar-refractivity contribution in [1.82, 2.24) is 5.32 Å². The van der Waals surface area contributed by atoms with Gasteiger partial charge in [0.1, 0.15) is 6.07 Å². The SMILES string of the molecule is Cc1ccc(C#N)c(NC2CC3CCC(C2)N3)c1. The molecule has 2 aliphatic heterocycles. The van der Waals surface area contributed by atoms with E-state index in [1.54, 1.807) is 0 Å². The number of benzene rings is 1. The molecule has 2 bridgehead atoms. The van der Waals surface area contributed by atoms with Crippen LogP contribution in [0.15, 0.2) is 18.2 Å². The van der Waals surface area contributed by atoms with Crippen LogP contribution in [-0.4, -0.2) is 18.1 Å². The molecule has 2 aliphatic rings. The van der Waals surface area contributed by atoms with Gasteiger partial charge < -0.3 is 10.6 Å². The van der Waals surface area contributed by atoms with Crippen LogP contribution in [0.1, 0.15) is 36.8 Å². The largest absolute Gasteiger partial charge is 0.381 e. The van der Waals surface area contributed by atoms with Gasteiger partial charge in [-0.3, -0.25) is 0 Å². The first-order valence-electron chi connectivity index (χ1n) is 6.78. The van der Waals surface area contributed by atoms with Crippen LogP contribution in [0.4, 0.5) is 5.69 Å². The molecule has 2 saturated heterocycles. The summed E-state index contributed by atoms with van der Waals surface area (Å²) in [5, 5.41) is 16.4. The standard InChI is InChI=1S/C15H19N3/c1-10-2-3-11(9-16)15(6-10)18-14-7-12-4-5-13(8-14)17-12/h2-3,6,12-14,17-18H,4-5,7-8H2,1H3. The number of hydrogen-bond donors (Lipinski definition) is 2. The van der Waals surface area contributed by atoms with E-state index in [-0.39, 0.29) is 0 Å². The maximum Gasteiger partial charge on any atom is 0.101 e. The molecule has 0 amide bonds. The van der Waals surface area contributed by atoms with E-state index in [1.165, 1.54) is 31.2 Å². The summed E-state index contributed by atoms with van der Waals surface area (Å²) < 4.78 is 0. The predicted molar refractivity (Wildman–Crippen MR) is 72.5 cm³/mol. The smallest absolute Gasteiger partial charge is 0.101 e. The Morgan fingerprint density at radius 1 is 1.28 bits per heavy atom. The molecule has 94 valence electrons. The van der Waals surface area contributed by atoms with Crippen LogP contribution in [0.25, 0.3) is 0 Å². The van der Waals surface area contributed by atoms with Gasteiger partial charge in [0.05, 0.1) is 11.3 Å². The van der Waals surface area contributed by atoms with Crippen LogP contribution in [0.5, 0.6) is 0 Å². The van der Waals surface area contributed by atoms with E-state index < -0.39 is 0 Å². The van der Waals surface area contributed by atoms with Gasteiger partial charge in [-0.25, -0.2) is 0 Å². The van der Waals surface area contributed by atoms with Crippen LogP contribution in [-0.2, 0) is 0 Å². The van der Waals surface area contributed by atoms with Crippen molar-refractivity contribution < 1.29 is 0 Å². The summed E-state index contributed by atoms with van der Waals surface area (Å²) >= 11 is 0. The summed E-state index contributed by atoms with van der Waals surface area (Å²) in [5.74, 6) is 0. The Morgan fingerprint density at radius 3 is 2.67 bits per heavy atom. The Kier molecular flexibility index (Phi) is 2.97. The first kappa shape index (κ1) is 11.6. The van der Waals surface area contributed by atoms with Crippen molar-refractivity contribution in [3.8, 4) is 6.07 Å². The van der Waals surface area contributed by atoms with Crippen molar-refractivity contribution in [3.05, 3.63) is 29.3 Å². The van der Waals surface area contributed by atoms with Crippen LogP contribution in [0.3, 0.4) is 0 Å². The van der Waals surface area contributed by atoms with Crippen molar-refractivity contribution in [2.75, 3.05) is 5.32 Å². The molecule has 3 nitrogen and oxygen atoms in total. The Morgan fingerprint density at radius 2 is 2.00 bits per heavy atom. The summed E-state index contributed by atoms with van der Waals surface area (Å²) in [6, 6.07) is 10.1. The first-order chi connectivity index (χ1) is 8.74. The van der Waals surface area contributed by atoms with Crippen LogP contribution >= 0.6 is 0 Å². The first-order valence-corrected chi connectivity index (χ1v) is 6.78. The molecule has 1 aromatic rings. The number of fused-ring (bicyclic) bond motifs is 2. The van der Waals surface area contributed by atoms with Gasteiger partial charge in [-0.2, -0.15) is 5.26 Å². The third-order valence-corrected chi connectivity index (χ3v) is 4.13. The summed E-state index contributed by atoms with van der Waals surface area (Å²) in [6.45, 7) is 2.07. The highest BCUT2D eigenvalue weighted by atomic mass is 15.0. The molecule has 2 unspecified atom stereocenters. The zero-order valence-electron chi connectivity index (χ0n) is 10.7. The second-order valence-corrected chi connectivity index (χ2v) is 5.61. The highest BCUT2D eigenvalue weighted by molar-refractivity contribution is 5.59. The molecule has 3 rings (SSSR count). The fourth-order valence-corrected chi connectivity index (χ4v) is 3.27. The van der Waals surface area contributed by atoms with Gasteiger partial charge in [-0.1, -0.05) is 6.07 Å². The number of nitrogens with zero attached hydrogens (tertiary/aromatic N) is 1. The molecular formula is C15H19N3. The average Bonchev–Trinajstić information content (AvgIpc) is 2.69. The molecule has 0 saturated carbocycles. The number of rotatable bonds is 2. The minimum absolute atomic E-state index is 0.512. The van der Waals surface area contributed by atoms with Gasteiger partial charge in [0.25, 0.3) is 0 Å². The second kappa shape index (κ2) is 4.62. The Labute approximate surface area is 108 Å². The van der Waals surface area contributed by atoms with Gasteiger partial charge >= 0.3 is 0 Å². The second-order valence-electron chi connectivity index (χ2n) is 5.61. The van der Waals surface area contributed by atoms with Crippen LogP contribution < -0.4 is 10.6 Å². The van der Waals surface area contributed by atoms with E-state index in [4.69, 9.17) is 5.26 Å². The quantitative estimate of drug-likeness (QED) is 0.836. The minimum Gasteiger partial charge on any atom is -0.381 e. The lowest BCUT2D eigenvalue weighted by atomic mass is 9.99. The van der Waals surface area contributed by atoms with Crippen molar-refractivity contribution in [3.63, 3.8) is 0 Å². The fourth-order valence-electron chi connectivity index (χ4n) is 3.27. The molecular weight excluding hydrogens is 222 g/mol. The van der Waals surface area contributed by atoms with Gasteiger partial charge in [-0.05, 0) is 50.3 Å². The third kappa shape index (κ3) is 2.21. The zero-order chi connectivity index (χ0) is 12.5. The average molecular weight is 241 g/mol. The lowest BCUT2D eigenvalue weighted by molar-refractivity contribution is 0.378. The van der Waals surface area contributed by atoms with Crippen molar-refractivity contribution in [1.29, 1.82) is 5.26 Å². The summed E-state index contributed by atoms with van der Waals surface area (Å²) in [5.41, 5.74) is 2.96. The molecule has 0 aliphatic carbocycles. The van der Waals surface area contributed by atoms with Gasteiger partial charge in [-0.15, -0.1) is 0 Å². The van der Waals surface area contributed by atoms with E-state index in [9.17, 15) is 0 Å². The maximum absolute atomic E-state index is 9.15. The summed E-state index contributed by atoms with van der Waals surface area (Å²) in [4.78, 5) is 0. The highest BCUT2D eigenvalue weighted by Crippen LogP contribution is 2.29. The van der Waals surface area contributed by atoms with Gasteiger partial charge in [0.2, 0.25) is 0 Å². The molecule has 2 heterocycles. The molecule has 2 N–H and O–H groups in total. The van der Waals surface area contributed by atoms with E-state index in [0.29, 0.717) is 18.1 Å². The van der Waals surface area contributed by atoms with Crippen LogP contribution in [0.2, 0.25) is 0 Å². The lowest BCUT2D eigenvalue weighted by Gasteiger charge is -2.30. The fraction of sp³-hybridized carbons (Fsp3) is 0.533. The van der Waals surface area contributed by atoms with Gasteiger partial charge in [0, 0.05) is 18.1 Å². The number of nitrogens with one attached hydrogen (secondary N) is 2. The van der Waals surface area contributed by atoms with Crippen molar-refractivity contribution in [2.45, 2.75) is 50.7 Å². The topological polar surface area (TPSA) is 47.9 Å². The summed E-state index contributed by atoms with van der Waals surface area (Å²) in [7, 11) is 0. The monoisotopic (exact) mass is 241 g/mol. The maximum atomic E-state index is 9.15. The van der Waals surface area contributed by atoms with Gasteiger partial charge in [0.15, 0.2) is 0 Å². The number of anilines is 1. The molecule has 18 heavy (non-hydrogen) atoms. The van der Waals surface area contributed by atoms with E-state index in [2.05, 4.69) is 29.7 Å². The third-order valence-electron chi connectivity index (χ3n) is 4.13. The molecule has 0 spiro atoms. The number of piperidine rings is 1. The normalized spacial score (nSPS) is 29.9. The van der Waals surface area contributed by atoms with Crippen molar-refractivity contribution in [2.24, 2.45) is 0 Å². The Hall–Kier alpha value is -1.53. The van der Waals surface area contributed by atoms with E-state index in [0.717, 1.165) is 11.3 Å². The molecule has 2 fully saturated rings. The zero-order valence-corrected chi connectivity index (χ0v) is 10.7. The number of hydrogen-bond acceptors (Lipinski definition) is 3. The number of aryl methyl sites for hydroxylation is 1. The Bertz CT molecular complexity index is 477. The predicted octanol–water partition coefficient (Wildman–Crippen LogP) is 2.56.